The fourth-order valence-corrected chi connectivity index (χ4v) is 3.20. The van der Waals surface area contributed by atoms with Crippen LogP contribution in [-0.2, 0) is 24.3 Å². The van der Waals surface area contributed by atoms with E-state index in [4.69, 9.17) is 4.52 Å². The van der Waals surface area contributed by atoms with Gasteiger partial charge in [0, 0.05) is 29.7 Å². The first-order chi connectivity index (χ1) is 8.93. The molecule has 0 fully saturated rings. The summed E-state index contributed by atoms with van der Waals surface area (Å²) in [6, 6.07) is 6.04. The van der Waals surface area contributed by atoms with Gasteiger partial charge in [-0.05, 0) is 31.4 Å². The fraction of sp³-hybridized carbons (Fsp3) is 0.429. The topological polar surface area (TPSA) is 38.9 Å². The van der Waals surface area contributed by atoms with E-state index in [-0.39, 0.29) is 0 Å². The number of fused-ring (bicyclic) bond motifs is 1. The van der Waals surface area contributed by atoms with Gasteiger partial charge in [-0.1, -0.05) is 11.2 Å². The Hall–Kier alpha value is -1.29. The quantitative estimate of drug-likeness (QED) is 0.844. The monoisotopic (exact) mass is 260 g/mol. The molecule has 0 atom stereocenters. The highest BCUT2D eigenvalue weighted by molar-refractivity contribution is 7.97. The van der Waals surface area contributed by atoms with Gasteiger partial charge in [0.25, 0.3) is 0 Å². The SMILES string of the molecule is c1ccc(CSCc2noc3c2CCCC3)nc1. The Bertz CT molecular complexity index is 510. The Morgan fingerprint density at radius 2 is 2.11 bits per heavy atom. The van der Waals surface area contributed by atoms with Crippen LogP contribution in [0.1, 0.15) is 35.6 Å². The molecule has 3 nitrogen and oxygen atoms in total. The minimum atomic E-state index is 0.926. The molecule has 0 unspecified atom stereocenters. The summed E-state index contributed by atoms with van der Waals surface area (Å²) in [6.07, 6.45) is 6.55. The molecule has 18 heavy (non-hydrogen) atoms. The summed E-state index contributed by atoms with van der Waals surface area (Å²) < 4.78 is 5.41. The summed E-state index contributed by atoms with van der Waals surface area (Å²) in [5.41, 5.74) is 3.64. The summed E-state index contributed by atoms with van der Waals surface area (Å²) in [5.74, 6) is 2.98. The molecule has 0 radical (unpaired) electrons. The second-order valence-electron chi connectivity index (χ2n) is 4.55. The van der Waals surface area contributed by atoms with E-state index in [9.17, 15) is 0 Å². The van der Waals surface area contributed by atoms with E-state index in [2.05, 4.69) is 16.2 Å². The van der Waals surface area contributed by atoms with Crippen molar-refractivity contribution in [2.75, 3.05) is 0 Å². The van der Waals surface area contributed by atoms with E-state index in [0.717, 1.165) is 41.5 Å². The maximum absolute atomic E-state index is 5.41. The maximum Gasteiger partial charge on any atom is 0.140 e. The summed E-state index contributed by atoms with van der Waals surface area (Å²) in [7, 11) is 0. The van der Waals surface area contributed by atoms with Crippen molar-refractivity contribution in [3.63, 3.8) is 0 Å². The first kappa shape index (κ1) is 11.8. The molecule has 4 heteroatoms. The number of rotatable bonds is 4. The molecule has 2 aromatic heterocycles. The van der Waals surface area contributed by atoms with E-state index in [1.165, 1.54) is 18.4 Å². The number of thioether (sulfide) groups is 1. The fourth-order valence-electron chi connectivity index (χ4n) is 2.30. The Morgan fingerprint density at radius 3 is 3.00 bits per heavy atom. The smallest absolute Gasteiger partial charge is 0.140 e. The van der Waals surface area contributed by atoms with Gasteiger partial charge >= 0.3 is 0 Å². The number of aromatic nitrogens is 2. The van der Waals surface area contributed by atoms with Gasteiger partial charge in [-0.15, -0.1) is 11.8 Å². The van der Waals surface area contributed by atoms with Gasteiger partial charge < -0.3 is 4.52 Å². The van der Waals surface area contributed by atoms with Crippen molar-refractivity contribution in [2.24, 2.45) is 0 Å². The predicted molar refractivity (Wildman–Crippen MR) is 72.4 cm³/mol. The largest absolute Gasteiger partial charge is 0.361 e. The van der Waals surface area contributed by atoms with Crippen LogP contribution in [0.2, 0.25) is 0 Å². The highest BCUT2D eigenvalue weighted by atomic mass is 32.2. The van der Waals surface area contributed by atoms with Crippen LogP contribution in [0.3, 0.4) is 0 Å². The third kappa shape index (κ3) is 2.58. The molecule has 94 valence electrons. The van der Waals surface area contributed by atoms with Gasteiger partial charge in [-0.3, -0.25) is 4.98 Å². The Labute approximate surface area is 111 Å². The van der Waals surface area contributed by atoms with Crippen LogP contribution in [0, 0.1) is 0 Å². The van der Waals surface area contributed by atoms with Crippen molar-refractivity contribution in [3.05, 3.63) is 47.1 Å². The van der Waals surface area contributed by atoms with Crippen LogP contribution in [-0.4, -0.2) is 10.1 Å². The van der Waals surface area contributed by atoms with Gasteiger partial charge in [0.2, 0.25) is 0 Å². The molecule has 0 spiro atoms. The van der Waals surface area contributed by atoms with Crippen molar-refractivity contribution in [1.82, 2.24) is 10.1 Å². The summed E-state index contributed by atoms with van der Waals surface area (Å²) in [5, 5.41) is 4.21. The molecule has 0 bridgehead atoms. The molecule has 2 heterocycles. The molecule has 0 saturated carbocycles. The molecule has 0 aromatic carbocycles. The van der Waals surface area contributed by atoms with Gasteiger partial charge in [0.05, 0.1) is 11.4 Å². The lowest BCUT2D eigenvalue weighted by molar-refractivity contribution is 0.369. The molecule has 0 aliphatic heterocycles. The normalized spacial score (nSPS) is 14.4. The number of hydrogen-bond acceptors (Lipinski definition) is 4. The Morgan fingerprint density at radius 1 is 1.17 bits per heavy atom. The summed E-state index contributed by atoms with van der Waals surface area (Å²) in [4.78, 5) is 4.32. The van der Waals surface area contributed by atoms with Gasteiger partial charge in [-0.25, -0.2) is 0 Å². The predicted octanol–water partition coefficient (Wildman–Crippen LogP) is 3.38. The van der Waals surface area contributed by atoms with E-state index < -0.39 is 0 Å². The van der Waals surface area contributed by atoms with Crippen LogP contribution in [0.15, 0.2) is 28.9 Å². The molecular weight excluding hydrogens is 244 g/mol. The maximum atomic E-state index is 5.41. The summed E-state index contributed by atoms with van der Waals surface area (Å²) >= 11 is 1.85. The molecule has 1 aliphatic rings. The van der Waals surface area contributed by atoms with Crippen LogP contribution >= 0.6 is 11.8 Å². The van der Waals surface area contributed by atoms with Gasteiger partial charge in [-0.2, -0.15) is 0 Å². The zero-order chi connectivity index (χ0) is 12.2. The van der Waals surface area contributed by atoms with Crippen molar-refractivity contribution in [2.45, 2.75) is 37.2 Å². The zero-order valence-electron chi connectivity index (χ0n) is 10.3. The molecule has 0 N–H and O–H groups in total. The lowest BCUT2D eigenvalue weighted by Gasteiger charge is -2.08. The molecule has 2 aromatic rings. The molecule has 0 amide bonds. The number of hydrogen-bond donors (Lipinski definition) is 0. The highest BCUT2D eigenvalue weighted by Crippen LogP contribution is 2.27. The van der Waals surface area contributed by atoms with Crippen molar-refractivity contribution in [1.29, 1.82) is 0 Å². The molecule has 1 aliphatic carbocycles. The third-order valence-corrected chi connectivity index (χ3v) is 4.22. The average molecular weight is 260 g/mol. The lowest BCUT2D eigenvalue weighted by Crippen LogP contribution is -2.01. The summed E-state index contributed by atoms with van der Waals surface area (Å²) in [6.45, 7) is 0. The first-order valence-electron chi connectivity index (χ1n) is 6.37. The third-order valence-electron chi connectivity index (χ3n) is 3.25. The van der Waals surface area contributed by atoms with E-state index in [1.807, 2.05) is 30.1 Å². The van der Waals surface area contributed by atoms with E-state index in [0.29, 0.717) is 0 Å². The molecular formula is C14H16N2OS. The Balaban J connectivity index is 1.59. The van der Waals surface area contributed by atoms with Crippen LogP contribution in [0.4, 0.5) is 0 Å². The first-order valence-corrected chi connectivity index (χ1v) is 7.53. The Kier molecular flexibility index (Phi) is 3.64. The van der Waals surface area contributed by atoms with E-state index >= 15 is 0 Å². The second kappa shape index (κ2) is 5.57. The van der Waals surface area contributed by atoms with Crippen LogP contribution in [0.5, 0.6) is 0 Å². The molecule has 0 saturated heterocycles. The lowest BCUT2D eigenvalue weighted by atomic mass is 9.97. The second-order valence-corrected chi connectivity index (χ2v) is 5.54. The minimum Gasteiger partial charge on any atom is -0.361 e. The number of aryl methyl sites for hydroxylation is 1. The van der Waals surface area contributed by atoms with Crippen molar-refractivity contribution < 1.29 is 4.52 Å². The van der Waals surface area contributed by atoms with Crippen molar-refractivity contribution in [3.8, 4) is 0 Å². The van der Waals surface area contributed by atoms with Crippen LogP contribution in [0.25, 0.3) is 0 Å². The molecule has 3 rings (SSSR count). The minimum absolute atomic E-state index is 0.926. The van der Waals surface area contributed by atoms with Crippen molar-refractivity contribution >= 4 is 11.8 Å². The van der Waals surface area contributed by atoms with Gasteiger partial charge in [0.1, 0.15) is 5.76 Å². The standard InChI is InChI=1S/C14H16N2OS/c1-2-7-14-12(6-1)13(16-17-14)10-18-9-11-5-3-4-8-15-11/h3-5,8H,1-2,6-7,9-10H2. The van der Waals surface area contributed by atoms with Gasteiger partial charge in [0.15, 0.2) is 0 Å². The van der Waals surface area contributed by atoms with Crippen LogP contribution < -0.4 is 0 Å². The number of pyridine rings is 1. The number of nitrogens with zero attached hydrogens (tertiary/aromatic N) is 2. The highest BCUT2D eigenvalue weighted by Gasteiger charge is 2.18. The van der Waals surface area contributed by atoms with E-state index in [1.54, 1.807) is 0 Å². The average Bonchev–Trinajstić information content (AvgIpc) is 2.84. The zero-order valence-corrected chi connectivity index (χ0v) is 11.1.